The number of aromatic amines is 1. The summed E-state index contributed by atoms with van der Waals surface area (Å²) in [5.41, 5.74) is 4.37. The number of aliphatic hydroxyl groups excluding tert-OH is 1. The number of nitrogens with zero attached hydrogens (tertiary/aromatic N) is 2. The van der Waals surface area contributed by atoms with Crippen LogP contribution in [-0.4, -0.2) is 39.6 Å². The van der Waals surface area contributed by atoms with E-state index in [1.807, 2.05) is 84.9 Å². The predicted molar refractivity (Wildman–Crippen MR) is 172 cm³/mol. The van der Waals surface area contributed by atoms with Gasteiger partial charge in [-0.3, -0.25) is 15.0 Å². The molecule has 0 radical (unpaired) electrons. The number of fused-ring (bicyclic) bond motifs is 3. The van der Waals surface area contributed by atoms with Crippen molar-refractivity contribution in [3.63, 3.8) is 0 Å². The van der Waals surface area contributed by atoms with Gasteiger partial charge in [-0.2, -0.15) is 0 Å². The summed E-state index contributed by atoms with van der Waals surface area (Å²) >= 11 is 0. The number of para-hydroxylation sites is 1. The number of hydrogen-bond donors (Lipinski definition) is 2. The minimum absolute atomic E-state index is 0.163. The zero-order valence-corrected chi connectivity index (χ0v) is 24.1. The fraction of sp³-hybridized carbons (Fsp3) is 0.167. The van der Waals surface area contributed by atoms with Crippen LogP contribution in [0.2, 0.25) is 0 Å². The molecule has 0 aliphatic carbocycles. The number of nitrogens with one attached hydrogen (secondary N) is 1. The molecule has 0 aliphatic heterocycles. The Morgan fingerprint density at radius 3 is 2.25 bits per heavy atom. The second kappa shape index (κ2) is 13.4. The van der Waals surface area contributed by atoms with Crippen molar-refractivity contribution >= 4 is 27.5 Å². The monoisotopic (exact) mass is 587 g/mol. The van der Waals surface area contributed by atoms with Crippen molar-refractivity contribution < 1.29 is 19.5 Å². The molecule has 1 unspecified atom stereocenters. The Morgan fingerprint density at radius 2 is 1.48 bits per heavy atom. The van der Waals surface area contributed by atoms with Crippen LogP contribution in [0.25, 0.3) is 21.8 Å². The van der Waals surface area contributed by atoms with E-state index in [1.54, 1.807) is 12.1 Å². The molecule has 0 spiro atoms. The van der Waals surface area contributed by atoms with E-state index >= 15 is 0 Å². The fourth-order valence-corrected chi connectivity index (χ4v) is 5.38. The van der Waals surface area contributed by atoms with Crippen LogP contribution in [0.15, 0.2) is 121 Å². The second-order valence-corrected chi connectivity index (χ2v) is 10.7. The fourth-order valence-electron chi connectivity index (χ4n) is 5.38. The van der Waals surface area contributed by atoms with Crippen molar-refractivity contribution in [1.29, 1.82) is 0 Å². The Morgan fingerprint density at radius 1 is 0.773 bits per heavy atom. The number of rotatable bonds is 13. The molecule has 0 saturated heterocycles. The highest BCUT2D eigenvalue weighted by Crippen LogP contribution is 2.32. The van der Waals surface area contributed by atoms with Crippen LogP contribution in [-0.2, 0) is 13.2 Å². The predicted octanol–water partition coefficient (Wildman–Crippen LogP) is 7.42. The highest BCUT2D eigenvalue weighted by atomic mass is 16.6. The molecule has 6 rings (SSSR count). The minimum atomic E-state index is -0.955. The van der Waals surface area contributed by atoms with Gasteiger partial charge in [0, 0.05) is 48.1 Å². The third-order valence-corrected chi connectivity index (χ3v) is 7.64. The smallest absolute Gasteiger partial charge is 0.311 e. The molecular formula is C36H33N3O5. The van der Waals surface area contributed by atoms with Gasteiger partial charge in [0.1, 0.15) is 19.0 Å². The number of benzene rings is 5. The normalized spacial score (nSPS) is 12.0. The molecule has 44 heavy (non-hydrogen) atoms. The van der Waals surface area contributed by atoms with Crippen LogP contribution in [0.1, 0.15) is 22.8 Å². The third kappa shape index (κ3) is 6.89. The zero-order valence-electron chi connectivity index (χ0n) is 24.1. The molecule has 1 heterocycles. The molecule has 1 aromatic heterocycles. The maximum atomic E-state index is 11.9. The summed E-state index contributed by atoms with van der Waals surface area (Å²) < 4.78 is 11.9. The quantitative estimate of drug-likeness (QED) is 0.108. The topological polar surface area (TPSA) is 101 Å². The molecule has 8 heteroatoms. The maximum absolute atomic E-state index is 11.9. The van der Waals surface area contributed by atoms with E-state index in [9.17, 15) is 15.2 Å². The molecule has 0 bridgehead atoms. The second-order valence-electron chi connectivity index (χ2n) is 10.7. The molecule has 0 aliphatic rings. The van der Waals surface area contributed by atoms with Crippen molar-refractivity contribution in [2.75, 3.05) is 19.7 Å². The number of H-pyrrole nitrogens is 1. The number of nitro groups is 1. The van der Waals surface area contributed by atoms with E-state index in [0.717, 1.165) is 33.3 Å². The van der Waals surface area contributed by atoms with E-state index < -0.39 is 11.0 Å². The van der Waals surface area contributed by atoms with Crippen LogP contribution in [0.5, 0.6) is 11.5 Å². The van der Waals surface area contributed by atoms with Crippen molar-refractivity contribution in [2.45, 2.75) is 19.3 Å². The van der Waals surface area contributed by atoms with Crippen LogP contribution >= 0.6 is 0 Å². The number of hydrogen-bond acceptors (Lipinski definition) is 6. The van der Waals surface area contributed by atoms with E-state index in [1.165, 1.54) is 11.5 Å². The highest BCUT2D eigenvalue weighted by molar-refractivity contribution is 6.07. The molecule has 0 amide bonds. The van der Waals surface area contributed by atoms with Gasteiger partial charge in [0.25, 0.3) is 0 Å². The molecule has 0 fully saturated rings. The Labute approximate surface area is 255 Å². The first kappa shape index (κ1) is 28.9. The lowest BCUT2D eigenvalue weighted by Gasteiger charge is -2.25. The molecule has 0 saturated carbocycles. The number of ether oxygens (including phenoxy) is 2. The Bertz CT molecular complexity index is 1860. The number of aliphatic hydroxyl groups is 1. The lowest BCUT2D eigenvalue weighted by molar-refractivity contribution is -0.386. The van der Waals surface area contributed by atoms with Gasteiger partial charge in [-0.25, -0.2) is 0 Å². The lowest BCUT2D eigenvalue weighted by atomic mass is 10.1. The first-order valence-electron chi connectivity index (χ1n) is 14.6. The van der Waals surface area contributed by atoms with E-state index in [-0.39, 0.29) is 24.6 Å². The Balaban J connectivity index is 1.14. The van der Waals surface area contributed by atoms with Crippen molar-refractivity contribution in [1.82, 2.24) is 9.88 Å². The summed E-state index contributed by atoms with van der Waals surface area (Å²) in [6.07, 6.45) is -0.955. The molecule has 2 N–H and O–H groups in total. The lowest BCUT2D eigenvalue weighted by Crippen LogP contribution is -2.32. The average Bonchev–Trinajstić information content (AvgIpc) is 3.42. The van der Waals surface area contributed by atoms with Gasteiger partial charge >= 0.3 is 5.69 Å². The summed E-state index contributed by atoms with van der Waals surface area (Å²) in [5.74, 6) is 0.919. The largest absolute Gasteiger partial charge is 0.492 e. The average molecular weight is 588 g/mol. The number of aromatic nitrogens is 1. The van der Waals surface area contributed by atoms with Gasteiger partial charge in [0.15, 0.2) is 5.75 Å². The first-order chi connectivity index (χ1) is 21.5. The maximum Gasteiger partial charge on any atom is 0.311 e. The zero-order chi connectivity index (χ0) is 30.3. The van der Waals surface area contributed by atoms with Crippen molar-refractivity contribution in [3.05, 3.63) is 148 Å². The Hall–Kier alpha value is -5.18. The van der Waals surface area contributed by atoms with Gasteiger partial charge < -0.3 is 19.6 Å². The van der Waals surface area contributed by atoms with Gasteiger partial charge in [-0.1, -0.05) is 84.9 Å². The minimum Gasteiger partial charge on any atom is -0.492 e. The van der Waals surface area contributed by atoms with Crippen LogP contribution in [0, 0.1) is 10.1 Å². The van der Waals surface area contributed by atoms with Crippen molar-refractivity contribution in [2.24, 2.45) is 0 Å². The van der Waals surface area contributed by atoms with Crippen LogP contribution < -0.4 is 9.47 Å². The highest BCUT2D eigenvalue weighted by Gasteiger charge is 2.21. The van der Waals surface area contributed by atoms with E-state index in [4.69, 9.17) is 9.47 Å². The third-order valence-electron chi connectivity index (χ3n) is 7.64. The molecule has 5 aromatic carbocycles. The summed E-state index contributed by atoms with van der Waals surface area (Å²) in [4.78, 5) is 17.0. The van der Waals surface area contributed by atoms with Gasteiger partial charge in [0.2, 0.25) is 0 Å². The molecule has 222 valence electrons. The summed E-state index contributed by atoms with van der Waals surface area (Å²) in [6.45, 7) is 2.00. The Kier molecular flexibility index (Phi) is 8.82. The van der Waals surface area contributed by atoms with Crippen LogP contribution in [0.3, 0.4) is 0 Å². The summed E-state index contributed by atoms with van der Waals surface area (Å²) in [5, 5.41) is 25.4. The van der Waals surface area contributed by atoms with E-state index in [0.29, 0.717) is 25.3 Å². The standard InChI is InChI=1S/C36H33N3O5/c40-35(28-15-18-36(34(21-28)39(41)42)44-25-27-11-5-2-6-12-27)24-38(23-26-9-3-1-4-10-26)19-20-43-29-16-17-31-30-13-7-8-14-32(30)37-33(31)22-29/h1-18,21-22,35,37,40H,19-20,23-25H2. The first-order valence-corrected chi connectivity index (χ1v) is 14.6. The molecular weight excluding hydrogens is 554 g/mol. The molecule has 8 nitrogen and oxygen atoms in total. The van der Waals surface area contributed by atoms with E-state index in [2.05, 4.69) is 28.1 Å². The molecule has 6 aromatic rings. The van der Waals surface area contributed by atoms with Crippen LogP contribution in [0.4, 0.5) is 5.69 Å². The molecule has 1 atom stereocenters. The van der Waals surface area contributed by atoms with Gasteiger partial charge in [-0.05, 0) is 41.0 Å². The van der Waals surface area contributed by atoms with Gasteiger partial charge in [-0.15, -0.1) is 0 Å². The van der Waals surface area contributed by atoms with Crippen molar-refractivity contribution in [3.8, 4) is 11.5 Å². The summed E-state index contributed by atoms with van der Waals surface area (Å²) in [6, 6.07) is 38.4. The number of nitro benzene ring substituents is 1. The summed E-state index contributed by atoms with van der Waals surface area (Å²) in [7, 11) is 0. The SMILES string of the molecule is O=[N+]([O-])c1cc(C(O)CN(CCOc2ccc3c(c2)[nH]c2ccccc23)Cc2ccccc2)ccc1OCc1ccccc1. The van der Waals surface area contributed by atoms with Gasteiger partial charge in [0.05, 0.1) is 16.5 Å².